The van der Waals surface area contributed by atoms with E-state index < -0.39 is 0 Å². The quantitative estimate of drug-likeness (QED) is 0.526. The number of allylic oxidation sites excluding steroid dienone is 1. The van der Waals surface area contributed by atoms with Crippen molar-refractivity contribution in [2.24, 2.45) is 0 Å². The Bertz CT molecular complexity index is 111. The van der Waals surface area contributed by atoms with Crippen LogP contribution in [0.1, 0.15) is 6.42 Å². The summed E-state index contributed by atoms with van der Waals surface area (Å²) in [5.41, 5.74) is 0. The first-order valence-electron chi connectivity index (χ1n) is 2.32. The monoisotopic (exact) mass is 148 g/mol. The number of carbonyl (C=O) groups is 1. The maximum absolute atomic E-state index is 10.3. The molecule has 0 aromatic carbocycles. The number of ketones is 1. The normalized spacial score (nSPS) is 16.8. The number of hydrogen-bond acceptors (Lipinski definition) is 2. The van der Waals surface area contributed by atoms with E-state index in [0.717, 1.165) is 6.54 Å². The molecule has 1 aliphatic heterocycles. The van der Waals surface area contributed by atoms with Gasteiger partial charge in [0.25, 0.3) is 0 Å². The molecule has 1 aliphatic rings. The van der Waals surface area contributed by atoms with E-state index in [1.54, 1.807) is 12.3 Å². The van der Waals surface area contributed by atoms with Crippen molar-refractivity contribution in [3.63, 3.8) is 0 Å². The van der Waals surface area contributed by atoms with Crippen molar-refractivity contribution in [2.75, 3.05) is 6.54 Å². The molecule has 43 valence electrons. The molecule has 0 saturated heterocycles. The molecule has 8 heavy (non-hydrogen) atoms. The van der Waals surface area contributed by atoms with Crippen molar-refractivity contribution in [2.45, 2.75) is 6.42 Å². The van der Waals surface area contributed by atoms with Gasteiger partial charge in [-0.15, -0.1) is 0 Å². The van der Waals surface area contributed by atoms with Gasteiger partial charge in [0.1, 0.15) is 0 Å². The molecule has 0 atom stereocenters. The Morgan fingerprint density at radius 1 is 1.62 bits per heavy atom. The summed E-state index contributed by atoms with van der Waals surface area (Å²) in [6.45, 7) is 0.801. The van der Waals surface area contributed by atoms with Gasteiger partial charge in [0.05, 0.1) is 0 Å². The van der Waals surface area contributed by atoms with Crippen LogP contribution in [0.4, 0.5) is 0 Å². The SMILES string of the molecule is O=C1C=CNCC1.[V]. The second-order valence-electron chi connectivity index (χ2n) is 1.50. The molecule has 0 aromatic rings. The third kappa shape index (κ3) is 2.19. The summed E-state index contributed by atoms with van der Waals surface area (Å²) in [6, 6.07) is 0. The van der Waals surface area contributed by atoms with E-state index in [4.69, 9.17) is 0 Å². The van der Waals surface area contributed by atoms with Gasteiger partial charge in [-0.25, -0.2) is 0 Å². The topological polar surface area (TPSA) is 29.1 Å². The maximum atomic E-state index is 10.3. The number of hydrogen-bond donors (Lipinski definition) is 1. The Morgan fingerprint density at radius 3 is 2.62 bits per heavy atom. The van der Waals surface area contributed by atoms with E-state index in [0.29, 0.717) is 6.42 Å². The van der Waals surface area contributed by atoms with Crippen LogP contribution in [0.25, 0.3) is 0 Å². The Hall–Kier alpha value is -0.206. The number of rotatable bonds is 0. The molecule has 0 fully saturated rings. The zero-order valence-corrected chi connectivity index (χ0v) is 5.82. The van der Waals surface area contributed by atoms with Gasteiger partial charge in [-0.3, -0.25) is 4.79 Å². The predicted octanol–water partition coefficient (Wildman–Crippen LogP) is 0.0600. The molecule has 1 radical (unpaired) electrons. The van der Waals surface area contributed by atoms with Crippen molar-refractivity contribution in [1.29, 1.82) is 0 Å². The van der Waals surface area contributed by atoms with Crippen molar-refractivity contribution in [3.05, 3.63) is 12.3 Å². The summed E-state index contributed by atoms with van der Waals surface area (Å²) in [6.07, 6.45) is 3.89. The van der Waals surface area contributed by atoms with Gasteiger partial charge < -0.3 is 5.32 Å². The van der Waals surface area contributed by atoms with E-state index in [1.807, 2.05) is 0 Å². The van der Waals surface area contributed by atoms with E-state index >= 15 is 0 Å². The molecule has 1 heterocycles. The molecule has 0 spiro atoms. The van der Waals surface area contributed by atoms with Crippen LogP contribution in [-0.4, -0.2) is 12.3 Å². The third-order valence-electron chi connectivity index (χ3n) is 0.903. The van der Waals surface area contributed by atoms with E-state index in [2.05, 4.69) is 5.32 Å². The Kier molecular flexibility index (Phi) is 3.66. The first-order valence-corrected chi connectivity index (χ1v) is 2.32. The molecule has 3 heteroatoms. The van der Waals surface area contributed by atoms with Gasteiger partial charge in [-0.2, -0.15) is 0 Å². The zero-order chi connectivity index (χ0) is 5.11. The summed E-state index contributed by atoms with van der Waals surface area (Å²) >= 11 is 0. The minimum atomic E-state index is 0. The summed E-state index contributed by atoms with van der Waals surface area (Å²) in [7, 11) is 0. The summed E-state index contributed by atoms with van der Waals surface area (Å²) in [4.78, 5) is 10.3. The van der Waals surface area contributed by atoms with Crippen molar-refractivity contribution in [3.8, 4) is 0 Å². The van der Waals surface area contributed by atoms with Crippen LogP contribution in [0.15, 0.2) is 12.3 Å². The van der Waals surface area contributed by atoms with Crippen molar-refractivity contribution in [1.82, 2.24) is 5.32 Å². The summed E-state index contributed by atoms with van der Waals surface area (Å²) < 4.78 is 0. The van der Waals surface area contributed by atoms with Crippen LogP contribution in [0, 0.1) is 0 Å². The number of carbonyl (C=O) groups excluding carboxylic acids is 1. The molecule has 0 aromatic heterocycles. The molecule has 0 unspecified atom stereocenters. The van der Waals surface area contributed by atoms with Gasteiger partial charge in [0, 0.05) is 31.5 Å². The summed E-state index contributed by atoms with van der Waals surface area (Å²) in [5.74, 6) is 0.221. The average Bonchev–Trinajstić information content (AvgIpc) is 1.69. The minimum Gasteiger partial charge on any atom is -0.390 e. The smallest absolute Gasteiger partial charge is 0.158 e. The molecule has 0 aliphatic carbocycles. The second kappa shape index (κ2) is 3.75. The Balaban J connectivity index is 0.000000490. The fourth-order valence-corrected chi connectivity index (χ4v) is 0.514. The van der Waals surface area contributed by atoms with Crippen LogP contribution < -0.4 is 5.32 Å². The van der Waals surface area contributed by atoms with E-state index in [1.165, 1.54) is 0 Å². The predicted molar refractivity (Wildman–Crippen MR) is 26.8 cm³/mol. The number of nitrogens with one attached hydrogen (secondary N) is 1. The molecule has 0 bridgehead atoms. The first-order chi connectivity index (χ1) is 3.39. The minimum absolute atomic E-state index is 0. The van der Waals surface area contributed by atoms with Crippen molar-refractivity contribution < 1.29 is 23.4 Å². The summed E-state index contributed by atoms with van der Waals surface area (Å²) in [5, 5.41) is 2.91. The van der Waals surface area contributed by atoms with Gasteiger partial charge in [-0.1, -0.05) is 0 Å². The first kappa shape index (κ1) is 7.79. The van der Waals surface area contributed by atoms with Crippen LogP contribution in [0.2, 0.25) is 0 Å². The standard InChI is InChI=1S/C5H7NO.V/c7-5-1-3-6-4-2-5;/h1,3,6H,2,4H2;. The van der Waals surface area contributed by atoms with Crippen LogP contribution in [-0.2, 0) is 23.4 Å². The van der Waals surface area contributed by atoms with Gasteiger partial charge in [0.2, 0.25) is 0 Å². The second-order valence-corrected chi connectivity index (χ2v) is 1.50. The molecule has 1 N–H and O–H groups in total. The van der Waals surface area contributed by atoms with E-state index in [9.17, 15) is 4.79 Å². The molecule has 0 saturated carbocycles. The van der Waals surface area contributed by atoms with E-state index in [-0.39, 0.29) is 24.3 Å². The van der Waals surface area contributed by atoms with Gasteiger partial charge in [-0.05, 0) is 12.3 Å². The van der Waals surface area contributed by atoms with Gasteiger partial charge in [0.15, 0.2) is 5.78 Å². The maximum Gasteiger partial charge on any atom is 0.158 e. The fourth-order valence-electron chi connectivity index (χ4n) is 0.514. The molecule has 2 nitrogen and oxygen atoms in total. The molecular formula is C5H7NOV. The van der Waals surface area contributed by atoms with Crippen LogP contribution >= 0.6 is 0 Å². The fraction of sp³-hybridized carbons (Fsp3) is 0.400. The molecular weight excluding hydrogens is 141 g/mol. The Morgan fingerprint density at radius 2 is 2.38 bits per heavy atom. The molecule has 0 amide bonds. The van der Waals surface area contributed by atoms with Crippen LogP contribution in [0.5, 0.6) is 0 Å². The van der Waals surface area contributed by atoms with Crippen molar-refractivity contribution >= 4 is 5.78 Å². The zero-order valence-electron chi connectivity index (χ0n) is 4.42. The average molecular weight is 148 g/mol. The Labute approximate surface area is 60.2 Å². The third-order valence-corrected chi connectivity index (χ3v) is 0.903. The van der Waals surface area contributed by atoms with Gasteiger partial charge >= 0.3 is 0 Å². The molecule has 1 rings (SSSR count). The largest absolute Gasteiger partial charge is 0.390 e. The van der Waals surface area contributed by atoms with Crippen LogP contribution in [0.3, 0.4) is 0 Å².